The Bertz CT molecular complexity index is 340. The molecular formula is C13H19NO. The summed E-state index contributed by atoms with van der Waals surface area (Å²) in [6.45, 7) is 7.12. The van der Waals surface area contributed by atoms with Crippen molar-refractivity contribution in [3.8, 4) is 5.75 Å². The number of nitrogens with one attached hydrogen (secondary N) is 1. The smallest absolute Gasteiger partial charge is 0.115 e. The van der Waals surface area contributed by atoms with Crippen molar-refractivity contribution in [1.82, 2.24) is 5.32 Å². The van der Waals surface area contributed by atoms with Gasteiger partial charge in [0.1, 0.15) is 5.75 Å². The van der Waals surface area contributed by atoms with Crippen molar-refractivity contribution < 1.29 is 5.11 Å². The highest BCUT2D eigenvalue weighted by Gasteiger charge is 2.03. The normalized spacial score (nSPS) is 12.2. The predicted octanol–water partition coefficient (Wildman–Crippen LogP) is 3.01. The molecule has 2 heteroatoms. The van der Waals surface area contributed by atoms with Crippen molar-refractivity contribution in [3.63, 3.8) is 0 Å². The van der Waals surface area contributed by atoms with Crippen LogP contribution < -0.4 is 5.32 Å². The molecule has 0 fully saturated rings. The molecule has 0 aliphatic carbocycles. The van der Waals surface area contributed by atoms with E-state index in [1.165, 1.54) is 5.57 Å². The third-order valence-electron chi connectivity index (χ3n) is 2.30. The molecule has 0 saturated heterocycles. The fourth-order valence-electron chi connectivity index (χ4n) is 1.35. The van der Waals surface area contributed by atoms with Gasteiger partial charge >= 0.3 is 0 Å². The number of hydrogen-bond acceptors (Lipinski definition) is 2. The molecule has 82 valence electrons. The fourth-order valence-corrected chi connectivity index (χ4v) is 1.35. The first kappa shape index (κ1) is 11.8. The van der Waals surface area contributed by atoms with Gasteiger partial charge in [0.2, 0.25) is 0 Å². The summed E-state index contributed by atoms with van der Waals surface area (Å²) in [5.74, 6) is 0.323. The van der Waals surface area contributed by atoms with Crippen LogP contribution in [0.25, 0.3) is 0 Å². The zero-order chi connectivity index (χ0) is 11.3. The molecule has 0 amide bonds. The van der Waals surface area contributed by atoms with E-state index >= 15 is 0 Å². The Balaban J connectivity index is 2.54. The second kappa shape index (κ2) is 5.56. The van der Waals surface area contributed by atoms with Gasteiger partial charge in [-0.2, -0.15) is 0 Å². The van der Waals surface area contributed by atoms with Gasteiger partial charge in [0, 0.05) is 12.6 Å². The molecule has 0 bridgehead atoms. The number of hydrogen-bond donors (Lipinski definition) is 2. The lowest BCUT2D eigenvalue weighted by atomic mass is 10.1. The Morgan fingerprint density at radius 1 is 1.47 bits per heavy atom. The monoisotopic (exact) mass is 205 g/mol. The molecule has 0 heterocycles. The van der Waals surface area contributed by atoms with E-state index in [9.17, 15) is 5.11 Å². The highest BCUT2D eigenvalue weighted by molar-refractivity contribution is 5.29. The average molecular weight is 205 g/mol. The van der Waals surface area contributed by atoms with Crippen LogP contribution in [-0.2, 0) is 0 Å². The number of allylic oxidation sites excluding steroid dienone is 1. The summed E-state index contributed by atoms with van der Waals surface area (Å²) < 4.78 is 0. The summed E-state index contributed by atoms with van der Waals surface area (Å²) in [4.78, 5) is 0. The van der Waals surface area contributed by atoms with E-state index in [1.54, 1.807) is 12.1 Å². The molecule has 0 unspecified atom stereocenters. The fraction of sp³-hybridized carbons (Fsp3) is 0.385. The van der Waals surface area contributed by atoms with Crippen molar-refractivity contribution in [2.75, 3.05) is 6.54 Å². The minimum atomic E-state index is 0.257. The molecule has 2 nitrogen and oxygen atoms in total. The molecule has 1 aromatic carbocycles. The number of rotatable bonds is 4. The summed E-state index contributed by atoms with van der Waals surface area (Å²) in [6.07, 6.45) is 2.15. The van der Waals surface area contributed by atoms with Gasteiger partial charge in [-0.05, 0) is 38.5 Å². The molecule has 2 N–H and O–H groups in total. The van der Waals surface area contributed by atoms with E-state index in [0.717, 1.165) is 12.1 Å². The summed E-state index contributed by atoms with van der Waals surface area (Å²) in [5.41, 5.74) is 2.42. The molecule has 0 aliphatic rings. The maximum Gasteiger partial charge on any atom is 0.115 e. The van der Waals surface area contributed by atoms with Crippen LogP contribution in [0.1, 0.15) is 32.4 Å². The Kier molecular flexibility index (Phi) is 4.37. The van der Waals surface area contributed by atoms with E-state index in [0.29, 0.717) is 5.75 Å². The number of aromatic hydroxyl groups is 1. The third-order valence-corrected chi connectivity index (χ3v) is 2.30. The maximum absolute atomic E-state index is 9.34. The summed E-state index contributed by atoms with van der Waals surface area (Å²) in [5, 5.41) is 12.7. The highest BCUT2D eigenvalue weighted by atomic mass is 16.3. The van der Waals surface area contributed by atoms with E-state index in [1.807, 2.05) is 12.1 Å². The van der Waals surface area contributed by atoms with Gasteiger partial charge in [0.05, 0.1) is 0 Å². The van der Waals surface area contributed by atoms with Crippen LogP contribution in [0.15, 0.2) is 35.9 Å². The topological polar surface area (TPSA) is 32.3 Å². The van der Waals surface area contributed by atoms with Crippen LogP contribution in [0.4, 0.5) is 0 Å². The van der Waals surface area contributed by atoms with Gasteiger partial charge in [-0.25, -0.2) is 0 Å². The van der Waals surface area contributed by atoms with E-state index < -0.39 is 0 Å². The first-order valence-corrected chi connectivity index (χ1v) is 5.25. The zero-order valence-corrected chi connectivity index (χ0v) is 9.62. The molecule has 0 aromatic heterocycles. The van der Waals surface area contributed by atoms with Crippen molar-refractivity contribution in [2.24, 2.45) is 0 Å². The lowest BCUT2D eigenvalue weighted by Gasteiger charge is -2.13. The number of phenolic OH excluding ortho intramolecular Hbond substituents is 1. The molecule has 0 aliphatic heterocycles. The molecule has 0 radical (unpaired) electrons. The predicted molar refractivity (Wildman–Crippen MR) is 64.0 cm³/mol. The second-order valence-corrected chi connectivity index (χ2v) is 4.01. The lowest BCUT2D eigenvalue weighted by Crippen LogP contribution is -2.18. The molecule has 1 aromatic rings. The van der Waals surface area contributed by atoms with Gasteiger partial charge in [0.15, 0.2) is 0 Å². The largest absolute Gasteiger partial charge is 0.508 e. The van der Waals surface area contributed by atoms with Crippen molar-refractivity contribution in [1.29, 1.82) is 0 Å². The van der Waals surface area contributed by atoms with E-state index in [2.05, 4.69) is 32.2 Å². The Morgan fingerprint density at radius 3 is 2.80 bits per heavy atom. The van der Waals surface area contributed by atoms with Crippen LogP contribution in [0, 0.1) is 0 Å². The lowest BCUT2D eigenvalue weighted by molar-refractivity contribution is 0.473. The minimum Gasteiger partial charge on any atom is -0.508 e. The third kappa shape index (κ3) is 4.17. The summed E-state index contributed by atoms with van der Waals surface area (Å²) in [6, 6.07) is 7.61. The van der Waals surface area contributed by atoms with Gasteiger partial charge in [-0.1, -0.05) is 23.8 Å². The molecule has 1 rings (SSSR count). The van der Waals surface area contributed by atoms with Gasteiger partial charge in [0.25, 0.3) is 0 Å². The average Bonchev–Trinajstić information content (AvgIpc) is 2.17. The van der Waals surface area contributed by atoms with Gasteiger partial charge in [-0.3, -0.25) is 0 Å². The molecule has 0 spiro atoms. The first-order valence-electron chi connectivity index (χ1n) is 5.25. The minimum absolute atomic E-state index is 0.257. The quantitative estimate of drug-likeness (QED) is 0.741. The number of benzene rings is 1. The highest BCUT2D eigenvalue weighted by Crippen LogP contribution is 2.17. The van der Waals surface area contributed by atoms with Crippen LogP contribution in [0.2, 0.25) is 0 Å². The molecule has 15 heavy (non-hydrogen) atoms. The first-order chi connectivity index (χ1) is 7.09. The molecule has 0 saturated carbocycles. The van der Waals surface area contributed by atoms with Crippen LogP contribution in [0.3, 0.4) is 0 Å². The zero-order valence-electron chi connectivity index (χ0n) is 9.62. The van der Waals surface area contributed by atoms with Crippen LogP contribution in [-0.4, -0.2) is 11.7 Å². The maximum atomic E-state index is 9.34. The Labute approximate surface area is 91.6 Å². The van der Waals surface area contributed by atoms with Crippen molar-refractivity contribution in [2.45, 2.75) is 26.8 Å². The summed E-state index contributed by atoms with van der Waals surface area (Å²) >= 11 is 0. The molecule has 1 atom stereocenters. The Morgan fingerprint density at radius 2 is 2.20 bits per heavy atom. The second-order valence-electron chi connectivity index (χ2n) is 4.01. The van der Waals surface area contributed by atoms with Crippen molar-refractivity contribution in [3.05, 3.63) is 41.5 Å². The van der Waals surface area contributed by atoms with E-state index in [4.69, 9.17) is 0 Å². The SMILES string of the molecule is CC(C)=CCN[C@@H](C)c1cccc(O)c1. The summed E-state index contributed by atoms with van der Waals surface area (Å²) in [7, 11) is 0. The molecular weight excluding hydrogens is 186 g/mol. The van der Waals surface area contributed by atoms with Crippen LogP contribution >= 0.6 is 0 Å². The standard InChI is InChI=1S/C13H19NO/c1-10(2)7-8-14-11(3)12-5-4-6-13(15)9-12/h4-7,9,11,14-15H,8H2,1-3H3/t11-/m0/s1. The number of phenols is 1. The van der Waals surface area contributed by atoms with Crippen LogP contribution in [0.5, 0.6) is 5.75 Å². The van der Waals surface area contributed by atoms with Gasteiger partial charge < -0.3 is 10.4 Å². The van der Waals surface area contributed by atoms with Crippen molar-refractivity contribution >= 4 is 0 Å². The Hall–Kier alpha value is -1.28. The van der Waals surface area contributed by atoms with E-state index in [-0.39, 0.29) is 6.04 Å². The van der Waals surface area contributed by atoms with Gasteiger partial charge in [-0.15, -0.1) is 0 Å².